The van der Waals surface area contributed by atoms with Crippen LogP contribution < -0.4 is 0 Å². The number of pyridine rings is 1. The number of ether oxygens (including phenoxy) is 1. The fourth-order valence-corrected chi connectivity index (χ4v) is 4.13. The van der Waals surface area contributed by atoms with Gasteiger partial charge >= 0.3 is 0 Å². The van der Waals surface area contributed by atoms with Gasteiger partial charge in [-0.25, -0.2) is 9.97 Å². The average molecular weight is 426 g/mol. The van der Waals surface area contributed by atoms with Crippen molar-refractivity contribution in [3.05, 3.63) is 66.2 Å². The van der Waals surface area contributed by atoms with Crippen molar-refractivity contribution in [2.75, 3.05) is 26.3 Å². The Morgan fingerprint density at radius 3 is 2.53 bits per heavy atom. The Morgan fingerprint density at radius 1 is 1.00 bits per heavy atom. The maximum Gasteiger partial charge on any atom is 0.254 e. The lowest BCUT2D eigenvalue weighted by atomic mass is 10.1. The Bertz CT molecular complexity index is 1280. The molecule has 0 radical (unpaired) electrons. The van der Waals surface area contributed by atoms with Gasteiger partial charge in [0.2, 0.25) is 0 Å². The summed E-state index contributed by atoms with van der Waals surface area (Å²) in [5.41, 5.74) is 4.23. The number of aromatic nitrogens is 5. The van der Waals surface area contributed by atoms with Crippen LogP contribution in [0.4, 0.5) is 0 Å². The van der Waals surface area contributed by atoms with E-state index in [1.165, 1.54) is 0 Å². The standard InChI is InChI=1S/C24H22N6O2/c31-23(29-9-11-32-12-10-29)17-6-7-19-21(13-17)30(28-22(19)16-4-5-16)24-26-14-18(15-27-24)20-3-1-2-8-25-20/h1-3,6-8,13-16H,4-5,9-12H2. The van der Waals surface area contributed by atoms with Crippen molar-refractivity contribution in [3.8, 4) is 17.2 Å². The van der Waals surface area contributed by atoms with Crippen LogP contribution in [0, 0.1) is 0 Å². The molecule has 8 nitrogen and oxygen atoms in total. The predicted molar refractivity (Wildman–Crippen MR) is 119 cm³/mol. The molecule has 2 fully saturated rings. The first-order valence-corrected chi connectivity index (χ1v) is 10.9. The molecular weight excluding hydrogens is 404 g/mol. The second kappa shape index (κ2) is 7.80. The minimum Gasteiger partial charge on any atom is -0.378 e. The first-order chi connectivity index (χ1) is 15.8. The van der Waals surface area contributed by atoms with Gasteiger partial charge in [-0.05, 0) is 37.1 Å². The summed E-state index contributed by atoms with van der Waals surface area (Å²) in [6.45, 7) is 2.38. The smallest absolute Gasteiger partial charge is 0.254 e. The van der Waals surface area contributed by atoms with Crippen molar-refractivity contribution in [3.63, 3.8) is 0 Å². The van der Waals surface area contributed by atoms with Crippen molar-refractivity contribution in [2.45, 2.75) is 18.8 Å². The zero-order valence-electron chi connectivity index (χ0n) is 17.5. The van der Waals surface area contributed by atoms with E-state index in [1.54, 1.807) is 23.3 Å². The summed E-state index contributed by atoms with van der Waals surface area (Å²) >= 11 is 0. The van der Waals surface area contributed by atoms with Crippen molar-refractivity contribution >= 4 is 16.8 Å². The van der Waals surface area contributed by atoms with Gasteiger partial charge in [-0.15, -0.1) is 0 Å². The number of morpholine rings is 1. The molecule has 0 spiro atoms. The maximum atomic E-state index is 13.0. The first-order valence-electron chi connectivity index (χ1n) is 10.9. The Labute approximate surface area is 184 Å². The highest BCUT2D eigenvalue weighted by Crippen LogP contribution is 2.43. The van der Waals surface area contributed by atoms with E-state index < -0.39 is 0 Å². The Morgan fingerprint density at radius 2 is 1.81 bits per heavy atom. The van der Waals surface area contributed by atoms with Crippen LogP contribution in [0.25, 0.3) is 28.1 Å². The molecule has 0 unspecified atom stereocenters. The number of fused-ring (bicyclic) bond motifs is 1. The highest BCUT2D eigenvalue weighted by atomic mass is 16.5. The lowest BCUT2D eigenvalue weighted by molar-refractivity contribution is 0.0303. The lowest BCUT2D eigenvalue weighted by Gasteiger charge is -2.26. The topological polar surface area (TPSA) is 86.0 Å². The van der Waals surface area contributed by atoms with Gasteiger partial charge < -0.3 is 9.64 Å². The van der Waals surface area contributed by atoms with E-state index in [2.05, 4.69) is 15.0 Å². The molecule has 32 heavy (non-hydrogen) atoms. The number of nitrogens with zero attached hydrogens (tertiary/aromatic N) is 6. The molecule has 4 heterocycles. The molecule has 3 aromatic heterocycles. The third kappa shape index (κ3) is 3.42. The number of carbonyl (C=O) groups excluding carboxylic acids is 1. The molecule has 0 atom stereocenters. The largest absolute Gasteiger partial charge is 0.378 e. The molecule has 160 valence electrons. The number of hydrogen-bond donors (Lipinski definition) is 0. The second-order valence-electron chi connectivity index (χ2n) is 8.19. The molecule has 2 aliphatic rings. The third-order valence-corrected chi connectivity index (χ3v) is 6.01. The van der Waals surface area contributed by atoms with Crippen LogP contribution in [-0.2, 0) is 4.74 Å². The van der Waals surface area contributed by atoms with Gasteiger partial charge in [-0.3, -0.25) is 9.78 Å². The van der Waals surface area contributed by atoms with Crippen LogP contribution in [-0.4, -0.2) is 61.8 Å². The monoisotopic (exact) mass is 426 g/mol. The summed E-state index contributed by atoms with van der Waals surface area (Å²) in [5, 5.41) is 5.93. The van der Waals surface area contributed by atoms with Crippen LogP contribution in [0.15, 0.2) is 55.0 Å². The highest BCUT2D eigenvalue weighted by molar-refractivity contribution is 5.98. The molecule has 1 amide bonds. The second-order valence-corrected chi connectivity index (χ2v) is 8.19. The van der Waals surface area contributed by atoms with Gasteiger partial charge in [0.25, 0.3) is 11.9 Å². The number of carbonyl (C=O) groups is 1. The fourth-order valence-electron chi connectivity index (χ4n) is 4.13. The maximum absolute atomic E-state index is 13.0. The molecule has 1 aliphatic heterocycles. The molecule has 8 heteroatoms. The molecule has 1 aromatic carbocycles. The Balaban J connectivity index is 1.41. The third-order valence-electron chi connectivity index (χ3n) is 6.01. The molecule has 1 saturated carbocycles. The summed E-state index contributed by atoms with van der Waals surface area (Å²) in [7, 11) is 0. The van der Waals surface area contributed by atoms with Crippen LogP contribution in [0.2, 0.25) is 0 Å². The number of rotatable bonds is 4. The van der Waals surface area contributed by atoms with Gasteiger partial charge in [-0.1, -0.05) is 12.1 Å². The quantitative estimate of drug-likeness (QED) is 0.498. The van der Waals surface area contributed by atoms with E-state index in [0.717, 1.165) is 40.7 Å². The van der Waals surface area contributed by atoms with Crippen LogP contribution in [0.3, 0.4) is 0 Å². The molecule has 0 N–H and O–H groups in total. The number of amides is 1. The lowest BCUT2D eigenvalue weighted by Crippen LogP contribution is -2.40. The molecule has 4 aromatic rings. The van der Waals surface area contributed by atoms with Crippen molar-refractivity contribution in [1.29, 1.82) is 0 Å². The van der Waals surface area contributed by atoms with E-state index in [0.29, 0.717) is 43.7 Å². The van der Waals surface area contributed by atoms with E-state index in [-0.39, 0.29) is 5.91 Å². The number of hydrogen-bond acceptors (Lipinski definition) is 6. The minimum absolute atomic E-state index is 0.0161. The van der Waals surface area contributed by atoms with Crippen LogP contribution >= 0.6 is 0 Å². The zero-order valence-corrected chi connectivity index (χ0v) is 17.5. The molecule has 0 bridgehead atoms. The van der Waals surface area contributed by atoms with Gasteiger partial charge in [0.1, 0.15) is 0 Å². The van der Waals surface area contributed by atoms with Gasteiger partial charge in [0, 0.05) is 54.1 Å². The van der Waals surface area contributed by atoms with Crippen molar-refractivity contribution in [2.24, 2.45) is 0 Å². The number of benzene rings is 1. The summed E-state index contributed by atoms with van der Waals surface area (Å²) in [5.74, 6) is 0.965. The molecule has 6 rings (SSSR count). The van der Waals surface area contributed by atoms with E-state index in [4.69, 9.17) is 9.84 Å². The highest BCUT2D eigenvalue weighted by Gasteiger charge is 2.30. The Kier molecular flexibility index (Phi) is 4.65. The Hall–Kier alpha value is -3.65. The average Bonchev–Trinajstić information content (AvgIpc) is 3.65. The first kappa shape index (κ1) is 19.1. The summed E-state index contributed by atoms with van der Waals surface area (Å²) in [6, 6.07) is 11.6. The van der Waals surface area contributed by atoms with Crippen LogP contribution in [0.5, 0.6) is 0 Å². The van der Waals surface area contributed by atoms with E-state index >= 15 is 0 Å². The van der Waals surface area contributed by atoms with Gasteiger partial charge in [0.15, 0.2) is 0 Å². The van der Waals surface area contributed by atoms with E-state index in [1.807, 2.05) is 41.3 Å². The van der Waals surface area contributed by atoms with Crippen molar-refractivity contribution in [1.82, 2.24) is 29.6 Å². The summed E-state index contributed by atoms with van der Waals surface area (Å²) < 4.78 is 7.15. The summed E-state index contributed by atoms with van der Waals surface area (Å²) in [6.07, 6.45) is 7.55. The van der Waals surface area contributed by atoms with Gasteiger partial charge in [0.05, 0.1) is 30.1 Å². The van der Waals surface area contributed by atoms with Gasteiger partial charge in [-0.2, -0.15) is 9.78 Å². The molecule has 1 saturated heterocycles. The zero-order chi connectivity index (χ0) is 21.5. The normalized spacial score (nSPS) is 16.4. The molecular formula is C24H22N6O2. The van der Waals surface area contributed by atoms with Crippen LogP contribution in [0.1, 0.15) is 34.8 Å². The molecule has 1 aliphatic carbocycles. The fraction of sp³-hybridized carbons (Fsp3) is 0.292. The summed E-state index contributed by atoms with van der Waals surface area (Å²) in [4.78, 5) is 28.4. The van der Waals surface area contributed by atoms with Crippen molar-refractivity contribution < 1.29 is 9.53 Å². The minimum atomic E-state index is 0.0161. The van der Waals surface area contributed by atoms with E-state index in [9.17, 15) is 4.79 Å². The SMILES string of the molecule is O=C(c1ccc2c(C3CC3)nn(-c3ncc(-c4ccccn4)cn3)c2c1)N1CCOCC1. The predicted octanol–water partition coefficient (Wildman–Crippen LogP) is 3.23.